The zero-order chi connectivity index (χ0) is 24.4. The first-order valence-electron chi connectivity index (χ1n) is 9.69. The summed E-state index contributed by atoms with van der Waals surface area (Å²) < 4.78 is 34.0. The molecule has 7 nitrogen and oxygen atoms in total. The molecule has 0 radical (unpaired) electrons. The van der Waals surface area contributed by atoms with E-state index in [1.54, 1.807) is 24.3 Å². The number of nitrogens with one attached hydrogen (secondary N) is 1. The molecule has 0 atom stereocenters. The molecule has 1 heterocycles. The first kappa shape index (κ1) is 25.4. The van der Waals surface area contributed by atoms with Gasteiger partial charge in [-0.1, -0.05) is 49.2 Å². The maximum atomic E-state index is 12.5. The maximum absolute atomic E-state index is 12.5. The van der Waals surface area contributed by atoms with Crippen LogP contribution in [0, 0.1) is 0 Å². The fourth-order valence-electron chi connectivity index (χ4n) is 3.17. The molecule has 11 heteroatoms. The van der Waals surface area contributed by atoms with Crippen LogP contribution in [0.1, 0.15) is 35.5 Å². The molecule has 0 bridgehead atoms. The van der Waals surface area contributed by atoms with Crippen molar-refractivity contribution in [3.8, 4) is 5.75 Å². The average Bonchev–Trinajstić information content (AvgIpc) is 3.24. The Morgan fingerprint density at radius 2 is 1.73 bits per heavy atom. The highest BCUT2D eigenvalue weighted by Crippen LogP contribution is 2.40. The highest BCUT2D eigenvalue weighted by atomic mass is 35.5. The molecular weight excluding hydrogens is 511 g/mol. The summed E-state index contributed by atoms with van der Waals surface area (Å²) in [4.78, 5) is 16.1. The molecule has 0 saturated heterocycles. The zero-order valence-corrected chi connectivity index (χ0v) is 21.1. The predicted molar refractivity (Wildman–Crippen MR) is 129 cm³/mol. The van der Waals surface area contributed by atoms with E-state index in [0.29, 0.717) is 27.4 Å². The molecule has 1 amide bonds. The number of rotatable bonds is 8. The summed E-state index contributed by atoms with van der Waals surface area (Å²) in [5.41, 5.74) is 1.77. The molecule has 33 heavy (non-hydrogen) atoms. The number of anilines is 1. The van der Waals surface area contributed by atoms with Crippen LogP contribution in [0.4, 0.5) is 5.69 Å². The van der Waals surface area contributed by atoms with Crippen molar-refractivity contribution in [3.05, 3.63) is 69.7 Å². The number of oxazole rings is 1. The van der Waals surface area contributed by atoms with Crippen molar-refractivity contribution < 1.29 is 22.4 Å². The SMILES string of the molecule is CC(C)(c1ccc(NC(=O)c2ocnc2S(C)(=O)=O)cc1)c1cc(Cl)c(OCCCl)c(Cl)c1. The lowest BCUT2D eigenvalue weighted by molar-refractivity contribution is 0.0992. The van der Waals surface area contributed by atoms with Crippen LogP contribution in [-0.2, 0) is 15.3 Å². The molecule has 176 valence electrons. The van der Waals surface area contributed by atoms with Gasteiger partial charge in [0.25, 0.3) is 5.91 Å². The summed E-state index contributed by atoms with van der Waals surface area (Å²) in [5.74, 6) is -0.388. The smallest absolute Gasteiger partial charge is 0.294 e. The lowest BCUT2D eigenvalue weighted by atomic mass is 9.78. The number of sulfone groups is 1. The van der Waals surface area contributed by atoms with Crippen LogP contribution >= 0.6 is 34.8 Å². The third kappa shape index (κ3) is 5.63. The van der Waals surface area contributed by atoms with E-state index in [2.05, 4.69) is 10.3 Å². The van der Waals surface area contributed by atoms with Crippen molar-refractivity contribution in [2.24, 2.45) is 0 Å². The average molecular weight is 532 g/mol. The van der Waals surface area contributed by atoms with E-state index in [4.69, 9.17) is 44.0 Å². The Labute approximate surface area is 206 Å². The topological polar surface area (TPSA) is 98.5 Å². The summed E-state index contributed by atoms with van der Waals surface area (Å²) in [6.07, 6.45) is 1.87. The van der Waals surface area contributed by atoms with Gasteiger partial charge in [-0.05, 0) is 35.4 Å². The first-order chi connectivity index (χ1) is 15.4. The Morgan fingerprint density at radius 1 is 1.12 bits per heavy atom. The fraction of sp³-hybridized carbons (Fsp3) is 0.273. The number of alkyl halides is 1. The van der Waals surface area contributed by atoms with Gasteiger partial charge >= 0.3 is 0 Å². The molecule has 1 N–H and O–H groups in total. The van der Waals surface area contributed by atoms with Crippen molar-refractivity contribution in [3.63, 3.8) is 0 Å². The maximum Gasteiger partial charge on any atom is 0.294 e. The van der Waals surface area contributed by atoms with Gasteiger partial charge < -0.3 is 14.5 Å². The molecule has 2 aromatic carbocycles. The monoisotopic (exact) mass is 530 g/mol. The van der Waals surface area contributed by atoms with Crippen molar-refractivity contribution >= 4 is 56.2 Å². The molecule has 0 aliphatic heterocycles. The summed E-state index contributed by atoms with van der Waals surface area (Å²) in [6, 6.07) is 10.7. The predicted octanol–water partition coefficient (Wildman–Crippen LogP) is 5.58. The van der Waals surface area contributed by atoms with Crippen LogP contribution in [0.5, 0.6) is 5.75 Å². The second-order valence-electron chi connectivity index (χ2n) is 7.72. The van der Waals surface area contributed by atoms with E-state index in [1.807, 2.05) is 26.0 Å². The Hall–Kier alpha value is -2.26. The van der Waals surface area contributed by atoms with E-state index >= 15 is 0 Å². The van der Waals surface area contributed by atoms with Crippen LogP contribution in [0.3, 0.4) is 0 Å². The van der Waals surface area contributed by atoms with Crippen molar-refractivity contribution in [2.75, 3.05) is 24.1 Å². The number of carbonyl (C=O) groups is 1. The molecule has 0 fully saturated rings. The van der Waals surface area contributed by atoms with Gasteiger partial charge in [0.15, 0.2) is 22.0 Å². The third-order valence-corrected chi connectivity index (χ3v) is 6.71. The van der Waals surface area contributed by atoms with E-state index in [9.17, 15) is 13.2 Å². The number of hydrogen-bond acceptors (Lipinski definition) is 6. The van der Waals surface area contributed by atoms with Gasteiger partial charge in [-0.25, -0.2) is 13.4 Å². The largest absolute Gasteiger partial charge is 0.489 e. The van der Waals surface area contributed by atoms with Gasteiger partial charge in [-0.2, -0.15) is 0 Å². The van der Waals surface area contributed by atoms with E-state index in [1.165, 1.54) is 0 Å². The standard InChI is InChI=1S/C22H21Cl3N2O5S/c1-22(2,14-10-16(24)18(17(25)11-14)31-9-8-23)13-4-6-15(7-5-13)27-20(28)19-21(26-12-32-19)33(3,29)30/h4-7,10-12H,8-9H2,1-3H3,(H,27,28). The summed E-state index contributed by atoms with van der Waals surface area (Å²) >= 11 is 18.4. The molecule has 3 aromatic rings. The molecule has 0 spiro atoms. The second-order valence-corrected chi connectivity index (χ2v) is 10.8. The number of amides is 1. The van der Waals surface area contributed by atoms with Crippen LogP contribution in [0.15, 0.2) is 52.2 Å². The number of aromatic nitrogens is 1. The molecular formula is C22H21Cl3N2O5S. The first-order valence-corrected chi connectivity index (χ1v) is 12.9. The summed E-state index contributed by atoms with van der Waals surface area (Å²) in [5, 5.41) is 2.97. The minimum Gasteiger partial charge on any atom is -0.489 e. The van der Waals surface area contributed by atoms with Gasteiger partial charge in [-0.3, -0.25) is 4.79 Å². The zero-order valence-electron chi connectivity index (χ0n) is 18.0. The van der Waals surface area contributed by atoms with Gasteiger partial charge in [0, 0.05) is 17.4 Å². The van der Waals surface area contributed by atoms with Crippen molar-refractivity contribution in [1.82, 2.24) is 4.98 Å². The van der Waals surface area contributed by atoms with Crippen molar-refractivity contribution in [1.29, 1.82) is 0 Å². The van der Waals surface area contributed by atoms with Gasteiger partial charge in [0.05, 0.1) is 15.9 Å². The number of benzene rings is 2. The Balaban J connectivity index is 1.82. The van der Waals surface area contributed by atoms with Crippen LogP contribution in [0.25, 0.3) is 0 Å². The molecule has 0 aliphatic rings. The quantitative estimate of drug-likeness (QED) is 0.381. The highest BCUT2D eigenvalue weighted by Gasteiger charge is 2.27. The molecule has 0 aliphatic carbocycles. The molecule has 0 saturated carbocycles. The van der Waals surface area contributed by atoms with Gasteiger partial charge in [0.2, 0.25) is 10.8 Å². The molecule has 3 rings (SSSR count). The number of hydrogen-bond donors (Lipinski definition) is 1. The highest BCUT2D eigenvalue weighted by molar-refractivity contribution is 7.90. The number of ether oxygens (including phenoxy) is 1. The molecule has 0 unspecified atom stereocenters. The summed E-state index contributed by atoms with van der Waals surface area (Å²) in [6.45, 7) is 4.31. The lowest BCUT2D eigenvalue weighted by Gasteiger charge is -2.27. The minimum absolute atomic E-state index is 0.288. The normalized spacial score (nSPS) is 11.9. The lowest BCUT2D eigenvalue weighted by Crippen LogP contribution is -2.19. The van der Waals surface area contributed by atoms with Gasteiger partial charge in [0.1, 0.15) is 6.61 Å². The Kier molecular flexibility index (Phi) is 7.63. The minimum atomic E-state index is -3.70. The van der Waals surface area contributed by atoms with E-state index < -0.39 is 26.2 Å². The number of carbonyl (C=O) groups excluding carboxylic acids is 1. The Morgan fingerprint density at radius 3 is 2.27 bits per heavy atom. The molecule has 1 aromatic heterocycles. The van der Waals surface area contributed by atoms with Crippen molar-refractivity contribution in [2.45, 2.75) is 24.3 Å². The van der Waals surface area contributed by atoms with Crippen LogP contribution in [0.2, 0.25) is 10.0 Å². The Bertz CT molecular complexity index is 1250. The fourth-order valence-corrected chi connectivity index (χ4v) is 4.56. The van der Waals surface area contributed by atoms with E-state index in [0.717, 1.165) is 23.8 Å². The summed E-state index contributed by atoms with van der Waals surface area (Å²) in [7, 11) is -3.70. The second kappa shape index (κ2) is 9.93. The third-order valence-electron chi connectivity index (χ3n) is 5.00. The number of nitrogens with zero attached hydrogens (tertiary/aromatic N) is 1. The van der Waals surface area contributed by atoms with Crippen LogP contribution < -0.4 is 10.1 Å². The van der Waals surface area contributed by atoms with Crippen LogP contribution in [-0.4, -0.2) is 38.1 Å². The van der Waals surface area contributed by atoms with Gasteiger partial charge in [-0.15, -0.1) is 11.6 Å². The number of halogens is 3. The van der Waals surface area contributed by atoms with E-state index in [-0.39, 0.29) is 12.4 Å².